The normalized spacial score (nSPS) is 26.2. The molecule has 20 heavy (non-hydrogen) atoms. The van der Waals surface area contributed by atoms with Gasteiger partial charge in [0, 0.05) is 19.8 Å². The Balaban J connectivity index is 1.80. The number of aryl methyl sites for hydroxylation is 1. The summed E-state index contributed by atoms with van der Waals surface area (Å²) in [5.74, 6) is -0.191. The van der Waals surface area contributed by atoms with Gasteiger partial charge in [0.15, 0.2) is 0 Å². The van der Waals surface area contributed by atoms with Gasteiger partial charge in [-0.2, -0.15) is 5.10 Å². The number of anilines is 1. The summed E-state index contributed by atoms with van der Waals surface area (Å²) >= 11 is 0. The molecule has 0 amide bonds. The van der Waals surface area contributed by atoms with Crippen LogP contribution in [-0.2, 0) is 16.6 Å². The summed E-state index contributed by atoms with van der Waals surface area (Å²) in [6.45, 7) is 2.71. The van der Waals surface area contributed by atoms with Crippen molar-refractivity contribution in [3.05, 3.63) is 12.4 Å². The number of hydrogen-bond donors (Lipinski definition) is 2. The number of nitrogens with zero attached hydrogens (tertiary/aromatic N) is 2. The first-order valence-corrected chi connectivity index (χ1v) is 7.14. The average Bonchev–Trinajstić information content (AvgIpc) is 2.84. The fraction of sp³-hybridized carbons (Fsp3) is 0.714. The van der Waals surface area contributed by atoms with E-state index in [1.807, 2.05) is 20.2 Å². The van der Waals surface area contributed by atoms with Crippen LogP contribution in [0.1, 0.15) is 32.6 Å². The van der Waals surface area contributed by atoms with Crippen LogP contribution in [0.5, 0.6) is 0 Å². The number of carbonyl (C=O) groups is 1. The minimum absolute atomic E-state index is 0.0615. The number of aliphatic hydroxyl groups is 1. The Morgan fingerprint density at radius 1 is 1.60 bits per heavy atom. The second-order valence-electron chi connectivity index (χ2n) is 5.51. The van der Waals surface area contributed by atoms with Crippen molar-refractivity contribution in [2.75, 3.05) is 18.5 Å². The molecule has 0 aliphatic heterocycles. The summed E-state index contributed by atoms with van der Waals surface area (Å²) in [7, 11) is 1.85. The lowest BCUT2D eigenvalue weighted by atomic mass is 9.79. The van der Waals surface area contributed by atoms with E-state index in [4.69, 9.17) is 4.74 Å². The van der Waals surface area contributed by atoms with Crippen LogP contribution in [0, 0.1) is 5.92 Å². The quantitative estimate of drug-likeness (QED) is 0.796. The molecule has 6 heteroatoms. The molecule has 0 spiro atoms. The maximum atomic E-state index is 11.7. The minimum atomic E-state index is -0.751. The SMILES string of the molecule is CCOC(=O)C1CCC(O)(CNc2cnn(C)c2)CC1. The van der Waals surface area contributed by atoms with E-state index in [1.54, 1.807) is 10.9 Å². The van der Waals surface area contributed by atoms with E-state index in [-0.39, 0.29) is 11.9 Å². The minimum Gasteiger partial charge on any atom is -0.466 e. The summed E-state index contributed by atoms with van der Waals surface area (Å²) in [5.41, 5.74) is 0.146. The van der Waals surface area contributed by atoms with Crippen LogP contribution in [0.4, 0.5) is 5.69 Å². The van der Waals surface area contributed by atoms with Gasteiger partial charge < -0.3 is 15.2 Å². The molecule has 0 radical (unpaired) electrons. The highest BCUT2D eigenvalue weighted by Crippen LogP contribution is 2.33. The zero-order valence-corrected chi connectivity index (χ0v) is 12.1. The molecular weight excluding hydrogens is 258 g/mol. The third kappa shape index (κ3) is 3.72. The molecule has 1 fully saturated rings. The van der Waals surface area contributed by atoms with Gasteiger partial charge in [-0.15, -0.1) is 0 Å². The highest BCUT2D eigenvalue weighted by atomic mass is 16.5. The summed E-state index contributed by atoms with van der Waals surface area (Å²) in [6.07, 6.45) is 6.20. The van der Waals surface area contributed by atoms with E-state index in [0.717, 1.165) is 5.69 Å². The van der Waals surface area contributed by atoms with Gasteiger partial charge in [-0.3, -0.25) is 9.48 Å². The molecule has 1 aromatic rings. The van der Waals surface area contributed by atoms with E-state index in [9.17, 15) is 9.90 Å². The number of nitrogens with one attached hydrogen (secondary N) is 1. The smallest absolute Gasteiger partial charge is 0.308 e. The largest absolute Gasteiger partial charge is 0.466 e. The molecule has 0 unspecified atom stereocenters. The summed E-state index contributed by atoms with van der Waals surface area (Å²) in [6, 6.07) is 0. The molecule has 112 valence electrons. The second kappa shape index (κ2) is 6.26. The Morgan fingerprint density at radius 2 is 2.30 bits per heavy atom. The molecule has 0 aromatic carbocycles. The van der Waals surface area contributed by atoms with Gasteiger partial charge in [0.1, 0.15) is 0 Å². The molecular formula is C14H23N3O3. The third-order valence-electron chi connectivity index (χ3n) is 3.86. The number of carbonyl (C=O) groups excluding carboxylic acids is 1. The van der Waals surface area contributed by atoms with Crippen molar-refractivity contribution in [1.82, 2.24) is 9.78 Å². The third-order valence-corrected chi connectivity index (χ3v) is 3.86. The summed E-state index contributed by atoms with van der Waals surface area (Å²) in [5, 5.41) is 17.8. The average molecular weight is 281 g/mol. The van der Waals surface area contributed by atoms with E-state index >= 15 is 0 Å². The maximum Gasteiger partial charge on any atom is 0.308 e. The van der Waals surface area contributed by atoms with Crippen LogP contribution >= 0.6 is 0 Å². The van der Waals surface area contributed by atoms with E-state index < -0.39 is 5.60 Å². The Morgan fingerprint density at radius 3 is 2.85 bits per heavy atom. The molecule has 0 bridgehead atoms. The van der Waals surface area contributed by atoms with Crippen molar-refractivity contribution >= 4 is 11.7 Å². The van der Waals surface area contributed by atoms with E-state index in [1.165, 1.54) is 0 Å². The van der Waals surface area contributed by atoms with E-state index in [2.05, 4.69) is 10.4 Å². The number of rotatable bonds is 5. The lowest BCUT2D eigenvalue weighted by molar-refractivity contribution is -0.150. The lowest BCUT2D eigenvalue weighted by Crippen LogP contribution is -2.42. The highest BCUT2D eigenvalue weighted by molar-refractivity contribution is 5.72. The van der Waals surface area contributed by atoms with Crippen molar-refractivity contribution in [2.24, 2.45) is 13.0 Å². The van der Waals surface area contributed by atoms with Crippen LogP contribution in [0.2, 0.25) is 0 Å². The lowest BCUT2D eigenvalue weighted by Gasteiger charge is -2.35. The van der Waals surface area contributed by atoms with Gasteiger partial charge in [0.05, 0.1) is 30.0 Å². The highest BCUT2D eigenvalue weighted by Gasteiger charge is 2.36. The fourth-order valence-electron chi connectivity index (χ4n) is 2.61. The van der Waals surface area contributed by atoms with Crippen LogP contribution in [0.25, 0.3) is 0 Å². The molecule has 1 saturated carbocycles. The Kier molecular flexibility index (Phi) is 4.65. The molecule has 1 aromatic heterocycles. The van der Waals surface area contributed by atoms with Gasteiger partial charge in [0.2, 0.25) is 0 Å². The predicted octanol–water partition coefficient (Wildman–Crippen LogP) is 1.32. The molecule has 6 nitrogen and oxygen atoms in total. The molecule has 0 atom stereocenters. The molecule has 1 aliphatic rings. The van der Waals surface area contributed by atoms with Crippen molar-refractivity contribution in [2.45, 2.75) is 38.2 Å². The first-order valence-electron chi connectivity index (χ1n) is 7.14. The van der Waals surface area contributed by atoms with Crippen molar-refractivity contribution in [3.8, 4) is 0 Å². The molecule has 0 saturated heterocycles. The fourth-order valence-corrected chi connectivity index (χ4v) is 2.61. The monoisotopic (exact) mass is 281 g/mol. The number of esters is 1. The Hall–Kier alpha value is -1.56. The molecule has 2 rings (SSSR count). The van der Waals surface area contributed by atoms with Crippen molar-refractivity contribution in [1.29, 1.82) is 0 Å². The van der Waals surface area contributed by atoms with Crippen molar-refractivity contribution < 1.29 is 14.6 Å². The van der Waals surface area contributed by atoms with Crippen LogP contribution in [0.3, 0.4) is 0 Å². The summed E-state index contributed by atoms with van der Waals surface area (Å²) < 4.78 is 6.75. The first kappa shape index (κ1) is 14.8. The van der Waals surface area contributed by atoms with Gasteiger partial charge in [-0.1, -0.05) is 0 Å². The zero-order valence-electron chi connectivity index (χ0n) is 12.1. The topological polar surface area (TPSA) is 76.4 Å². The number of hydrogen-bond acceptors (Lipinski definition) is 5. The van der Waals surface area contributed by atoms with E-state index in [0.29, 0.717) is 38.8 Å². The van der Waals surface area contributed by atoms with Gasteiger partial charge in [0.25, 0.3) is 0 Å². The van der Waals surface area contributed by atoms with Crippen molar-refractivity contribution in [3.63, 3.8) is 0 Å². The predicted molar refractivity (Wildman–Crippen MR) is 75.2 cm³/mol. The molecule has 1 aliphatic carbocycles. The molecule has 1 heterocycles. The van der Waals surface area contributed by atoms with Gasteiger partial charge in [-0.05, 0) is 32.6 Å². The maximum absolute atomic E-state index is 11.7. The Labute approximate surface area is 119 Å². The van der Waals surface area contributed by atoms with Crippen LogP contribution < -0.4 is 5.32 Å². The zero-order chi connectivity index (χ0) is 14.6. The number of ether oxygens (including phenoxy) is 1. The molecule has 2 N–H and O–H groups in total. The standard InChI is InChI=1S/C14H23N3O3/c1-3-20-13(18)11-4-6-14(19,7-5-11)10-15-12-8-16-17(2)9-12/h8-9,11,15,19H,3-7,10H2,1-2H3. The summed E-state index contributed by atoms with van der Waals surface area (Å²) in [4.78, 5) is 11.7. The van der Waals surface area contributed by atoms with Crippen LogP contribution in [-0.4, -0.2) is 39.6 Å². The number of aromatic nitrogens is 2. The van der Waals surface area contributed by atoms with Gasteiger partial charge in [-0.25, -0.2) is 0 Å². The van der Waals surface area contributed by atoms with Crippen LogP contribution in [0.15, 0.2) is 12.4 Å². The Bertz CT molecular complexity index is 450. The first-order chi connectivity index (χ1) is 9.52. The second-order valence-corrected chi connectivity index (χ2v) is 5.51. The van der Waals surface area contributed by atoms with Gasteiger partial charge >= 0.3 is 5.97 Å².